The molecule has 0 N–H and O–H groups in total. The Kier molecular flexibility index (Phi) is 4.55. The molecule has 6 heteroatoms. The number of ether oxygens (including phenoxy) is 1. The van der Waals surface area contributed by atoms with Crippen molar-refractivity contribution in [1.29, 1.82) is 0 Å². The average Bonchev–Trinajstić information content (AvgIpc) is 2.90. The number of amidine groups is 1. The Labute approximate surface area is 132 Å². The Morgan fingerprint density at radius 1 is 1.24 bits per heavy atom. The van der Waals surface area contributed by atoms with Gasteiger partial charge >= 0.3 is 0 Å². The summed E-state index contributed by atoms with van der Waals surface area (Å²) in [4.78, 5) is 19.1. The van der Waals surface area contributed by atoms with Gasteiger partial charge < -0.3 is 9.64 Å². The van der Waals surface area contributed by atoms with Crippen LogP contribution in [0.2, 0.25) is 0 Å². The van der Waals surface area contributed by atoms with Gasteiger partial charge in [0.2, 0.25) is 0 Å². The van der Waals surface area contributed by atoms with Crippen LogP contribution >= 0.6 is 23.5 Å². The summed E-state index contributed by atoms with van der Waals surface area (Å²) < 4.78 is 5.13. The summed E-state index contributed by atoms with van der Waals surface area (Å²) in [5.74, 6) is 2.88. The lowest BCUT2D eigenvalue weighted by Crippen LogP contribution is -2.35. The van der Waals surface area contributed by atoms with Crippen LogP contribution in [0.1, 0.15) is 5.56 Å². The molecular formula is C15H16N2O2S2. The molecule has 0 atom stereocenters. The lowest BCUT2D eigenvalue weighted by atomic mass is 10.2. The Bertz CT molecular complexity index is 590. The number of thioether (sulfide) groups is 2. The summed E-state index contributed by atoms with van der Waals surface area (Å²) in [6.07, 6.45) is 1.89. The van der Waals surface area contributed by atoms with E-state index < -0.39 is 0 Å². The minimum Gasteiger partial charge on any atom is -0.497 e. The molecule has 110 valence electrons. The number of nitrogens with zero attached hydrogens (tertiary/aromatic N) is 2. The van der Waals surface area contributed by atoms with E-state index in [4.69, 9.17) is 4.74 Å². The number of rotatable bonds is 2. The number of carbonyl (C=O) groups excluding carboxylic acids is 1. The molecule has 0 aliphatic carbocycles. The number of amides is 1. The third-order valence-corrected chi connectivity index (χ3v) is 5.29. The van der Waals surface area contributed by atoms with E-state index in [2.05, 4.69) is 9.89 Å². The molecule has 2 aliphatic heterocycles. The van der Waals surface area contributed by atoms with Gasteiger partial charge in [-0.05, 0) is 35.5 Å². The zero-order chi connectivity index (χ0) is 14.7. The fourth-order valence-corrected chi connectivity index (χ4v) is 4.01. The van der Waals surface area contributed by atoms with E-state index in [-0.39, 0.29) is 5.91 Å². The first kappa shape index (κ1) is 14.5. The maximum absolute atomic E-state index is 12.0. The number of hydrogen-bond donors (Lipinski definition) is 0. The van der Waals surface area contributed by atoms with Crippen LogP contribution in [-0.4, -0.2) is 47.7 Å². The summed E-state index contributed by atoms with van der Waals surface area (Å²) in [6, 6.07) is 7.66. The fourth-order valence-electron chi connectivity index (χ4n) is 2.14. The van der Waals surface area contributed by atoms with Crippen molar-refractivity contribution in [2.45, 2.75) is 0 Å². The first-order valence-corrected chi connectivity index (χ1v) is 8.73. The van der Waals surface area contributed by atoms with Crippen LogP contribution in [0.25, 0.3) is 6.08 Å². The lowest BCUT2D eigenvalue weighted by Gasteiger charge is -2.26. The predicted octanol–water partition coefficient (Wildman–Crippen LogP) is 2.71. The molecule has 0 spiro atoms. The smallest absolute Gasteiger partial charge is 0.286 e. The van der Waals surface area contributed by atoms with Crippen molar-refractivity contribution in [3.05, 3.63) is 34.7 Å². The number of carbonyl (C=O) groups is 1. The van der Waals surface area contributed by atoms with Gasteiger partial charge in [0, 0.05) is 24.6 Å². The molecule has 2 aliphatic rings. The standard InChI is InChI=1S/C15H16N2O2S2/c1-19-12-4-2-11(3-5-12)10-13-14(18)16-15(21-13)17-6-8-20-9-7-17/h2-5,10H,6-9H2,1H3. The van der Waals surface area contributed by atoms with Crippen LogP contribution < -0.4 is 4.74 Å². The van der Waals surface area contributed by atoms with Gasteiger partial charge in [-0.25, -0.2) is 0 Å². The zero-order valence-corrected chi connectivity index (χ0v) is 13.4. The average molecular weight is 320 g/mol. The van der Waals surface area contributed by atoms with Crippen molar-refractivity contribution >= 4 is 40.7 Å². The highest BCUT2D eigenvalue weighted by Crippen LogP contribution is 2.31. The highest BCUT2D eigenvalue weighted by atomic mass is 32.2. The number of methoxy groups -OCH3 is 1. The van der Waals surface area contributed by atoms with Crippen LogP contribution in [0.15, 0.2) is 34.2 Å². The van der Waals surface area contributed by atoms with Gasteiger partial charge in [-0.2, -0.15) is 16.8 Å². The van der Waals surface area contributed by atoms with E-state index >= 15 is 0 Å². The van der Waals surface area contributed by atoms with Crippen molar-refractivity contribution in [2.75, 3.05) is 31.7 Å². The maximum Gasteiger partial charge on any atom is 0.286 e. The number of hydrogen-bond acceptors (Lipinski definition) is 5. The van der Waals surface area contributed by atoms with Crippen LogP contribution in [-0.2, 0) is 4.79 Å². The van der Waals surface area contributed by atoms with Gasteiger partial charge in [0.05, 0.1) is 12.0 Å². The monoisotopic (exact) mass is 320 g/mol. The molecule has 1 amide bonds. The Morgan fingerprint density at radius 3 is 2.62 bits per heavy atom. The molecule has 1 aromatic rings. The van der Waals surface area contributed by atoms with E-state index in [0.717, 1.165) is 41.1 Å². The minimum atomic E-state index is -0.135. The van der Waals surface area contributed by atoms with Gasteiger partial charge in [-0.15, -0.1) is 0 Å². The molecule has 4 nitrogen and oxygen atoms in total. The predicted molar refractivity (Wildman–Crippen MR) is 89.9 cm³/mol. The summed E-state index contributed by atoms with van der Waals surface area (Å²) >= 11 is 3.42. The van der Waals surface area contributed by atoms with Gasteiger partial charge in [-0.3, -0.25) is 4.79 Å². The molecular weight excluding hydrogens is 304 g/mol. The van der Waals surface area contributed by atoms with Crippen LogP contribution in [0.3, 0.4) is 0 Å². The van der Waals surface area contributed by atoms with E-state index in [0.29, 0.717) is 4.91 Å². The quantitative estimate of drug-likeness (QED) is 0.784. The lowest BCUT2D eigenvalue weighted by molar-refractivity contribution is -0.113. The maximum atomic E-state index is 12.0. The molecule has 0 aromatic heterocycles. The normalized spacial score (nSPS) is 20.8. The molecule has 0 saturated carbocycles. The second-order valence-electron chi connectivity index (χ2n) is 4.68. The Balaban J connectivity index is 1.72. The van der Waals surface area contributed by atoms with Crippen molar-refractivity contribution in [2.24, 2.45) is 4.99 Å². The third-order valence-electron chi connectivity index (χ3n) is 3.30. The largest absolute Gasteiger partial charge is 0.497 e. The van der Waals surface area contributed by atoms with E-state index in [1.807, 2.05) is 42.1 Å². The van der Waals surface area contributed by atoms with Gasteiger partial charge in [0.15, 0.2) is 5.17 Å². The molecule has 1 saturated heterocycles. The molecule has 1 aromatic carbocycles. The Morgan fingerprint density at radius 2 is 1.95 bits per heavy atom. The molecule has 0 radical (unpaired) electrons. The van der Waals surface area contributed by atoms with Crippen LogP contribution in [0, 0.1) is 0 Å². The summed E-state index contributed by atoms with van der Waals surface area (Å²) in [6.45, 7) is 1.94. The third kappa shape index (κ3) is 3.44. The van der Waals surface area contributed by atoms with Crippen molar-refractivity contribution < 1.29 is 9.53 Å². The summed E-state index contributed by atoms with van der Waals surface area (Å²) in [5.41, 5.74) is 0.984. The van der Waals surface area contributed by atoms with Crippen LogP contribution in [0.4, 0.5) is 0 Å². The number of aliphatic imine (C=N–C) groups is 1. The van der Waals surface area contributed by atoms with E-state index in [9.17, 15) is 4.79 Å². The molecule has 21 heavy (non-hydrogen) atoms. The second kappa shape index (κ2) is 6.58. The zero-order valence-electron chi connectivity index (χ0n) is 11.7. The van der Waals surface area contributed by atoms with Gasteiger partial charge in [0.1, 0.15) is 5.75 Å². The van der Waals surface area contributed by atoms with Crippen molar-refractivity contribution in [3.8, 4) is 5.75 Å². The summed E-state index contributed by atoms with van der Waals surface area (Å²) in [5, 5.41) is 0.847. The number of benzene rings is 1. The Hall–Kier alpha value is -1.40. The van der Waals surface area contributed by atoms with Crippen LogP contribution in [0.5, 0.6) is 5.75 Å². The molecule has 0 unspecified atom stereocenters. The highest BCUT2D eigenvalue weighted by Gasteiger charge is 2.26. The summed E-state index contributed by atoms with van der Waals surface area (Å²) in [7, 11) is 1.64. The van der Waals surface area contributed by atoms with E-state index in [1.165, 1.54) is 11.8 Å². The minimum absolute atomic E-state index is 0.135. The molecule has 1 fully saturated rings. The first-order valence-electron chi connectivity index (χ1n) is 6.75. The molecule has 0 bridgehead atoms. The van der Waals surface area contributed by atoms with Crippen molar-refractivity contribution in [1.82, 2.24) is 4.90 Å². The first-order chi connectivity index (χ1) is 10.3. The molecule has 3 rings (SSSR count). The van der Waals surface area contributed by atoms with E-state index in [1.54, 1.807) is 7.11 Å². The highest BCUT2D eigenvalue weighted by molar-refractivity contribution is 8.18. The SMILES string of the molecule is COc1ccc(C=C2SC(N3CCSCC3)=NC2=O)cc1. The van der Waals surface area contributed by atoms with Crippen molar-refractivity contribution in [3.63, 3.8) is 0 Å². The fraction of sp³-hybridized carbons (Fsp3) is 0.333. The van der Waals surface area contributed by atoms with Gasteiger partial charge in [0.25, 0.3) is 5.91 Å². The second-order valence-corrected chi connectivity index (χ2v) is 6.92. The van der Waals surface area contributed by atoms with Gasteiger partial charge in [-0.1, -0.05) is 12.1 Å². The topological polar surface area (TPSA) is 41.9 Å². The molecule has 2 heterocycles.